The Morgan fingerprint density at radius 2 is 1.81 bits per heavy atom. The van der Waals surface area contributed by atoms with E-state index in [1.54, 1.807) is 0 Å². The molecule has 134 valence electrons. The quantitative estimate of drug-likeness (QED) is 0.716. The van der Waals surface area contributed by atoms with Crippen LogP contribution in [0, 0.1) is 6.92 Å². The second-order valence-corrected chi connectivity index (χ2v) is 6.87. The topological polar surface area (TPSA) is 54.2 Å². The fourth-order valence-corrected chi connectivity index (χ4v) is 3.48. The minimum absolute atomic E-state index is 0.0583. The molecule has 0 bridgehead atoms. The lowest BCUT2D eigenvalue weighted by Gasteiger charge is -2.21. The molecule has 0 aliphatic carbocycles. The molecule has 4 rings (SSSR count). The number of hydrogen-bond donors (Lipinski definition) is 1. The summed E-state index contributed by atoms with van der Waals surface area (Å²) in [6.07, 6.45) is 2.58. The molecule has 0 spiro atoms. The first-order valence-corrected chi connectivity index (χ1v) is 9.21. The van der Waals surface area contributed by atoms with Crippen LogP contribution in [0.15, 0.2) is 52.9 Å². The smallest absolute Gasteiger partial charge is 0.247 e. The Morgan fingerprint density at radius 1 is 1.04 bits per heavy atom. The average molecular weight is 348 g/mol. The minimum atomic E-state index is -0.0583. The Kier molecular flexibility index (Phi) is 4.61. The van der Waals surface area contributed by atoms with E-state index < -0.39 is 0 Å². The molecule has 26 heavy (non-hydrogen) atoms. The molecule has 1 aromatic heterocycles. The standard InChI is InChI=1S/C21H24N4O/c1-15-14-18(10-11-19(15)25-12-6-7-13-25)22-16(2)20-23-24-21(26-20)17-8-4-3-5-9-17/h3-5,8-11,14,16,22H,6-7,12-13H2,1-2H3. The molecule has 1 fully saturated rings. The summed E-state index contributed by atoms with van der Waals surface area (Å²) in [6, 6.07) is 16.3. The molecule has 1 unspecified atom stereocenters. The van der Waals surface area contributed by atoms with Gasteiger partial charge < -0.3 is 14.6 Å². The maximum Gasteiger partial charge on any atom is 0.247 e. The van der Waals surface area contributed by atoms with Gasteiger partial charge in [0.2, 0.25) is 11.8 Å². The Balaban J connectivity index is 1.47. The number of nitrogens with one attached hydrogen (secondary N) is 1. The molecular weight excluding hydrogens is 324 g/mol. The molecule has 1 saturated heterocycles. The molecule has 0 amide bonds. The van der Waals surface area contributed by atoms with Crippen LogP contribution in [0.3, 0.4) is 0 Å². The fourth-order valence-electron chi connectivity index (χ4n) is 3.48. The number of rotatable bonds is 5. The van der Waals surface area contributed by atoms with Gasteiger partial charge in [0, 0.05) is 30.0 Å². The summed E-state index contributed by atoms with van der Waals surface area (Å²) in [4.78, 5) is 2.46. The van der Waals surface area contributed by atoms with Crippen molar-refractivity contribution in [3.63, 3.8) is 0 Å². The van der Waals surface area contributed by atoms with E-state index >= 15 is 0 Å². The van der Waals surface area contributed by atoms with E-state index in [-0.39, 0.29) is 6.04 Å². The largest absolute Gasteiger partial charge is 0.418 e. The van der Waals surface area contributed by atoms with Crippen molar-refractivity contribution in [2.45, 2.75) is 32.7 Å². The van der Waals surface area contributed by atoms with Crippen LogP contribution in [0.1, 0.15) is 37.3 Å². The number of hydrogen-bond acceptors (Lipinski definition) is 5. The Morgan fingerprint density at radius 3 is 2.54 bits per heavy atom. The predicted octanol–water partition coefficient (Wildman–Crippen LogP) is 4.82. The molecule has 2 aromatic carbocycles. The van der Waals surface area contributed by atoms with Gasteiger partial charge in [0.15, 0.2) is 0 Å². The lowest BCUT2D eigenvalue weighted by atomic mass is 10.1. The lowest BCUT2D eigenvalue weighted by Crippen LogP contribution is -2.18. The van der Waals surface area contributed by atoms with E-state index in [1.165, 1.54) is 24.1 Å². The molecule has 3 aromatic rings. The van der Waals surface area contributed by atoms with E-state index in [2.05, 4.69) is 45.5 Å². The van der Waals surface area contributed by atoms with Crippen molar-refractivity contribution in [1.82, 2.24) is 10.2 Å². The number of aryl methyl sites for hydroxylation is 1. The van der Waals surface area contributed by atoms with Crippen molar-refractivity contribution in [3.8, 4) is 11.5 Å². The summed E-state index contributed by atoms with van der Waals surface area (Å²) in [5.41, 5.74) is 4.63. The van der Waals surface area contributed by atoms with Gasteiger partial charge in [-0.2, -0.15) is 0 Å². The molecule has 1 N–H and O–H groups in total. The van der Waals surface area contributed by atoms with Gasteiger partial charge in [-0.15, -0.1) is 10.2 Å². The first-order chi connectivity index (χ1) is 12.7. The van der Waals surface area contributed by atoms with E-state index in [4.69, 9.17) is 4.42 Å². The van der Waals surface area contributed by atoms with Crippen molar-refractivity contribution in [2.75, 3.05) is 23.3 Å². The normalized spacial score (nSPS) is 15.2. The summed E-state index contributed by atoms with van der Waals surface area (Å²) >= 11 is 0. The number of benzene rings is 2. The predicted molar refractivity (Wildman–Crippen MR) is 104 cm³/mol. The van der Waals surface area contributed by atoms with E-state index in [0.717, 1.165) is 24.3 Å². The van der Waals surface area contributed by atoms with Crippen LogP contribution in [0.2, 0.25) is 0 Å². The van der Waals surface area contributed by atoms with Gasteiger partial charge in [-0.1, -0.05) is 18.2 Å². The van der Waals surface area contributed by atoms with Crippen LogP contribution in [0.5, 0.6) is 0 Å². The van der Waals surface area contributed by atoms with Gasteiger partial charge in [0.1, 0.15) is 6.04 Å². The van der Waals surface area contributed by atoms with Crippen LogP contribution in [0.4, 0.5) is 11.4 Å². The molecule has 5 nitrogen and oxygen atoms in total. The van der Waals surface area contributed by atoms with Crippen molar-refractivity contribution in [3.05, 3.63) is 60.0 Å². The summed E-state index contributed by atoms with van der Waals surface area (Å²) < 4.78 is 5.85. The van der Waals surface area contributed by atoms with Gasteiger partial charge in [-0.05, 0) is 62.6 Å². The van der Waals surface area contributed by atoms with Crippen LogP contribution in [0.25, 0.3) is 11.5 Å². The highest BCUT2D eigenvalue weighted by atomic mass is 16.4. The molecule has 5 heteroatoms. The zero-order valence-electron chi connectivity index (χ0n) is 15.3. The highest BCUT2D eigenvalue weighted by Crippen LogP contribution is 2.28. The van der Waals surface area contributed by atoms with Gasteiger partial charge in [-0.25, -0.2) is 0 Å². The van der Waals surface area contributed by atoms with Crippen molar-refractivity contribution < 1.29 is 4.42 Å². The second kappa shape index (κ2) is 7.20. The summed E-state index contributed by atoms with van der Waals surface area (Å²) in [5.74, 6) is 1.14. The van der Waals surface area contributed by atoms with Crippen molar-refractivity contribution >= 4 is 11.4 Å². The zero-order valence-corrected chi connectivity index (χ0v) is 15.3. The number of anilines is 2. The fraction of sp³-hybridized carbons (Fsp3) is 0.333. The Hall–Kier alpha value is -2.82. The van der Waals surface area contributed by atoms with E-state index in [1.807, 2.05) is 37.3 Å². The third-order valence-corrected chi connectivity index (χ3v) is 4.86. The Bertz CT molecular complexity index is 869. The molecule has 0 saturated carbocycles. The summed E-state index contributed by atoms with van der Waals surface area (Å²) in [5, 5.41) is 11.8. The molecule has 1 aliphatic rings. The zero-order chi connectivity index (χ0) is 17.9. The molecule has 1 atom stereocenters. The Labute approximate surface area is 154 Å². The van der Waals surface area contributed by atoms with Crippen LogP contribution < -0.4 is 10.2 Å². The summed E-state index contributed by atoms with van der Waals surface area (Å²) in [6.45, 7) is 6.53. The third kappa shape index (κ3) is 3.43. The monoisotopic (exact) mass is 348 g/mol. The highest BCUT2D eigenvalue weighted by molar-refractivity contribution is 5.61. The lowest BCUT2D eigenvalue weighted by molar-refractivity contribution is 0.485. The van der Waals surface area contributed by atoms with Crippen molar-refractivity contribution in [1.29, 1.82) is 0 Å². The SMILES string of the molecule is Cc1cc(NC(C)c2nnc(-c3ccccc3)o2)ccc1N1CCCC1. The van der Waals surface area contributed by atoms with Crippen LogP contribution >= 0.6 is 0 Å². The van der Waals surface area contributed by atoms with Crippen LogP contribution in [-0.4, -0.2) is 23.3 Å². The first kappa shape index (κ1) is 16.6. The van der Waals surface area contributed by atoms with Gasteiger partial charge in [0.25, 0.3) is 0 Å². The average Bonchev–Trinajstić information content (AvgIpc) is 3.35. The molecule has 1 aliphatic heterocycles. The molecular formula is C21H24N4O. The van der Waals surface area contributed by atoms with Gasteiger partial charge >= 0.3 is 0 Å². The maximum atomic E-state index is 5.85. The van der Waals surface area contributed by atoms with E-state index in [9.17, 15) is 0 Å². The first-order valence-electron chi connectivity index (χ1n) is 9.21. The molecule has 2 heterocycles. The minimum Gasteiger partial charge on any atom is -0.418 e. The van der Waals surface area contributed by atoms with Gasteiger partial charge in [0.05, 0.1) is 0 Å². The van der Waals surface area contributed by atoms with Crippen LogP contribution in [-0.2, 0) is 0 Å². The summed E-state index contributed by atoms with van der Waals surface area (Å²) in [7, 11) is 0. The highest BCUT2D eigenvalue weighted by Gasteiger charge is 2.17. The van der Waals surface area contributed by atoms with E-state index in [0.29, 0.717) is 11.8 Å². The van der Waals surface area contributed by atoms with Gasteiger partial charge in [-0.3, -0.25) is 0 Å². The number of nitrogens with zero attached hydrogens (tertiary/aromatic N) is 3. The second-order valence-electron chi connectivity index (χ2n) is 6.87. The third-order valence-electron chi connectivity index (χ3n) is 4.86. The number of aromatic nitrogens is 2. The van der Waals surface area contributed by atoms with Crippen molar-refractivity contribution in [2.24, 2.45) is 0 Å². The molecule has 0 radical (unpaired) electrons. The maximum absolute atomic E-state index is 5.85.